The van der Waals surface area contributed by atoms with Gasteiger partial charge in [-0.1, -0.05) is 0 Å². The van der Waals surface area contributed by atoms with Crippen LogP contribution in [0, 0.1) is 5.92 Å². The zero-order valence-electron chi connectivity index (χ0n) is 7.47. The number of hydrogen-bond donors (Lipinski definition) is 3. The molecule has 6 heteroatoms. The van der Waals surface area contributed by atoms with E-state index in [0.29, 0.717) is 12.8 Å². The predicted octanol–water partition coefficient (Wildman–Crippen LogP) is 1.16. The largest absolute Gasteiger partial charge is 0.481 e. The highest BCUT2D eigenvalue weighted by molar-refractivity contribution is 7.97. The topological polar surface area (TPSA) is 71.4 Å². The highest BCUT2D eigenvalue weighted by atomic mass is 32.1. The lowest BCUT2D eigenvalue weighted by Crippen LogP contribution is -2.12. The van der Waals surface area contributed by atoms with Gasteiger partial charge in [-0.05, 0) is 12.8 Å². The van der Waals surface area contributed by atoms with E-state index in [9.17, 15) is 14.4 Å². The van der Waals surface area contributed by atoms with E-state index in [1.807, 2.05) is 0 Å². The molecule has 0 aliphatic carbocycles. The SMILES string of the molecule is O=C(O)CCCC(CC(=O)S)C(=O)S. The van der Waals surface area contributed by atoms with Crippen molar-refractivity contribution < 1.29 is 19.5 Å². The number of aliphatic carboxylic acids is 1. The molecule has 0 aliphatic heterocycles. The Hall–Kier alpha value is -0.490. The normalized spacial score (nSPS) is 12.1. The van der Waals surface area contributed by atoms with Gasteiger partial charge in [0, 0.05) is 18.8 Å². The molecule has 0 saturated carbocycles. The van der Waals surface area contributed by atoms with Crippen LogP contribution in [0.2, 0.25) is 0 Å². The minimum atomic E-state index is -0.910. The van der Waals surface area contributed by atoms with Crippen molar-refractivity contribution in [1.82, 2.24) is 0 Å². The summed E-state index contributed by atoms with van der Waals surface area (Å²) in [5, 5.41) is 7.59. The monoisotopic (exact) mass is 236 g/mol. The van der Waals surface area contributed by atoms with Gasteiger partial charge in [-0.2, -0.15) is 0 Å². The van der Waals surface area contributed by atoms with Crippen LogP contribution in [0.1, 0.15) is 25.7 Å². The minimum absolute atomic E-state index is 0.00167. The Morgan fingerprint density at radius 1 is 1.21 bits per heavy atom. The van der Waals surface area contributed by atoms with E-state index >= 15 is 0 Å². The van der Waals surface area contributed by atoms with Crippen molar-refractivity contribution >= 4 is 41.5 Å². The Labute approximate surface area is 92.9 Å². The molecule has 1 unspecified atom stereocenters. The molecular weight excluding hydrogens is 224 g/mol. The van der Waals surface area contributed by atoms with Crippen molar-refractivity contribution in [3.05, 3.63) is 0 Å². The van der Waals surface area contributed by atoms with Crippen molar-refractivity contribution in [2.45, 2.75) is 25.7 Å². The fraction of sp³-hybridized carbons (Fsp3) is 0.625. The molecule has 4 nitrogen and oxygen atoms in total. The molecule has 0 amide bonds. The second-order valence-electron chi connectivity index (χ2n) is 2.92. The number of carboxylic acid groups (broad SMARTS) is 1. The number of carbonyl (C=O) groups is 3. The molecule has 0 radical (unpaired) electrons. The van der Waals surface area contributed by atoms with E-state index in [1.54, 1.807) is 0 Å². The molecule has 0 rings (SSSR count). The van der Waals surface area contributed by atoms with Crippen LogP contribution in [0.3, 0.4) is 0 Å². The van der Waals surface area contributed by atoms with Crippen LogP contribution in [-0.2, 0) is 14.4 Å². The second kappa shape index (κ2) is 6.89. The standard InChI is InChI=1S/C8H12O4S2/c9-6(10)3-1-2-5(8(12)14)4-7(11)13/h5H,1-4H2,(H,9,10)(H,11,13)(H,12,14). The lowest BCUT2D eigenvalue weighted by Gasteiger charge is -2.09. The van der Waals surface area contributed by atoms with E-state index in [-0.39, 0.29) is 18.0 Å². The van der Waals surface area contributed by atoms with Gasteiger partial charge in [-0.25, -0.2) is 0 Å². The molecule has 1 N–H and O–H groups in total. The summed E-state index contributed by atoms with van der Waals surface area (Å²) < 4.78 is 0. The molecule has 0 saturated heterocycles. The van der Waals surface area contributed by atoms with E-state index in [4.69, 9.17) is 5.11 Å². The van der Waals surface area contributed by atoms with Crippen molar-refractivity contribution in [2.24, 2.45) is 5.92 Å². The third kappa shape index (κ3) is 6.97. The number of carboxylic acids is 1. The molecule has 0 aliphatic rings. The van der Waals surface area contributed by atoms with Crippen LogP contribution >= 0.6 is 25.3 Å². The van der Waals surface area contributed by atoms with Crippen LogP contribution in [0.15, 0.2) is 0 Å². The van der Waals surface area contributed by atoms with E-state index in [1.165, 1.54) is 0 Å². The van der Waals surface area contributed by atoms with Crippen LogP contribution in [0.4, 0.5) is 0 Å². The maximum Gasteiger partial charge on any atom is 0.303 e. The Morgan fingerprint density at radius 3 is 2.14 bits per heavy atom. The lowest BCUT2D eigenvalue weighted by atomic mass is 10.0. The molecular formula is C8H12O4S2. The zero-order chi connectivity index (χ0) is 11.1. The average Bonchev–Trinajstić information content (AvgIpc) is 2.00. The Bertz CT molecular complexity index is 239. The van der Waals surface area contributed by atoms with Gasteiger partial charge in [0.15, 0.2) is 10.2 Å². The van der Waals surface area contributed by atoms with Gasteiger partial charge in [0.2, 0.25) is 0 Å². The van der Waals surface area contributed by atoms with Crippen LogP contribution in [0.25, 0.3) is 0 Å². The van der Waals surface area contributed by atoms with Crippen LogP contribution < -0.4 is 0 Å². The fourth-order valence-corrected chi connectivity index (χ4v) is 1.46. The van der Waals surface area contributed by atoms with Gasteiger partial charge in [-0.15, -0.1) is 25.3 Å². The second-order valence-corrected chi connectivity index (χ2v) is 3.86. The van der Waals surface area contributed by atoms with Crippen LogP contribution in [-0.4, -0.2) is 21.3 Å². The minimum Gasteiger partial charge on any atom is -0.481 e. The maximum atomic E-state index is 10.9. The average molecular weight is 236 g/mol. The highest BCUT2D eigenvalue weighted by Gasteiger charge is 2.17. The summed E-state index contributed by atoms with van der Waals surface area (Å²) in [5.41, 5.74) is 0. The summed E-state index contributed by atoms with van der Waals surface area (Å²) in [6.45, 7) is 0. The zero-order valence-corrected chi connectivity index (χ0v) is 9.26. The third-order valence-corrected chi connectivity index (χ3v) is 2.26. The molecule has 80 valence electrons. The summed E-state index contributed by atoms with van der Waals surface area (Å²) in [7, 11) is 0. The number of thiol groups is 2. The van der Waals surface area contributed by atoms with Crippen molar-refractivity contribution in [2.75, 3.05) is 0 Å². The molecule has 0 aromatic carbocycles. The first-order valence-corrected chi connectivity index (χ1v) is 4.99. The van der Waals surface area contributed by atoms with Gasteiger partial charge < -0.3 is 5.11 Å². The molecule has 0 fully saturated rings. The lowest BCUT2D eigenvalue weighted by molar-refractivity contribution is -0.137. The van der Waals surface area contributed by atoms with Crippen molar-refractivity contribution in [3.8, 4) is 0 Å². The Morgan fingerprint density at radius 2 is 1.79 bits per heavy atom. The molecule has 0 spiro atoms. The Kier molecular flexibility index (Phi) is 6.65. The third-order valence-electron chi connectivity index (χ3n) is 1.71. The molecule has 0 bridgehead atoms. The maximum absolute atomic E-state index is 10.9. The highest BCUT2D eigenvalue weighted by Crippen LogP contribution is 2.17. The van der Waals surface area contributed by atoms with Crippen molar-refractivity contribution in [1.29, 1.82) is 0 Å². The van der Waals surface area contributed by atoms with Gasteiger partial charge >= 0.3 is 5.97 Å². The molecule has 14 heavy (non-hydrogen) atoms. The number of rotatable bonds is 7. The summed E-state index contributed by atoms with van der Waals surface area (Å²) in [4.78, 5) is 31.7. The fourth-order valence-electron chi connectivity index (χ4n) is 1.02. The van der Waals surface area contributed by atoms with E-state index in [0.717, 1.165) is 0 Å². The Balaban J connectivity index is 3.91. The van der Waals surface area contributed by atoms with Crippen LogP contribution in [0.5, 0.6) is 0 Å². The summed E-state index contributed by atoms with van der Waals surface area (Å²) in [6, 6.07) is 0. The first-order valence-electron chi connectivity index (χ1n) is 4.10. The first kappa shape index (κ1) is 13.5. The molecule has 0 aromatic heterocycles. The summed E-state index contributed by atoms with van der Waals surface area (Å²) in [5.74, 6) is -1.42. The first-order chi connectivity index (χ1) is 6.43. The van der Waals surface area contributed by atoms with Gasteiger partial charge in [0.1, 0.15) is 0 Å². The smallest absolute Gasteiger partial charge is 0.303 e. The molecule has 0 aromatic rings. The van der Waals surface area contributed by atoms with E-state index < -0.39 is 17.0 Å². The number of hydrogen-bond acceptors (Lipinski definition) is 3. The van der Waals surface area contributed by atoms with E-state index in [2.05, 4.69) is 25.3 Å². The molecule has 0 heterocycles. The van der Waals surface area contributed by atoms with Gasteiger partial charge in [-0.3, -0.25) is 14.4 Å². The van der Waals surface area contributed by atoms with Gasteiger partial charge in [0.05, 0.1) is 0 Å². The van der Waals surface area contributed by atoms with Gasteiger partial charge in [0.25, 0.3) is 0 Å². The van der Waals surface area contributed by atoms with Crippen molar-refractivity contribution in [3.63, 3.8) is 0 Å². The molecule has 1 atom stereocenters. The quantitative estimate of drug-likeness (QED) is 0.580. The summed E-state index contributed by atoms with van der Waals surface area (Å²) >= 11 is 7.17. The predicted molar refractivity (Wildman–Crippen MR) is 57.6 cm³/mol. The number of carbonyl (C=O) groups excluding carboxylic acids is 2. The summed E-state index contributed by atoms with van der Waals surface area (Å²) in [6.07, 6.45) is 0.748.